The first-order valence-corrected chi connectivity index (χ1v) is 7.01. The van der Waals surface area contributed by atoms with E-state index in [1.807, 2.05) is 0 Å². The Bertz CT molecular complexity index is 706. The van der Waals surface area contributed by atoms with Crippen LogP contribution in [0.15, 0.2) is 34.9 Å². The summed E-state index contributed by atoms with van der Waals surface area (Å²) in [5.74, 6) is 1.55. The standard InChI is InChI=1S/C14H12BrN3O3/c1-16-13-10(4-8(15)6-17-13)14(19)18-9-2-3-11-12(5-9)21-7-20-11/h2-6H,7H2,1H3,(H,16,17)(H,18,19). The van der Waals surface area contributed by atoms with Crippen molar-refractivity contribution in [1.82, 2.24) is 4.98 Å². The maximum absolute atomic E-state index is 12.4. The number of hydrogen-bond acceptors (Lipinski definition) is 5. The van der Waals surface area contributed by atoms with Gasteiger partial charge in [0.25, 0.3) is 5.91 Å². The highest BCUT2D eigenvalue weighted by Gasteiger charge is 2.16. The Balaban J connectivity index is 1.85. The van der Waals surface area contributed by atoms with Gasteiger partial charge in [0.05, 0.1) is 5.56 Å². The van der Waals surface area contributed by atoms with E-state index in [9.17, 15) is 4.79 Å². The molecule has 0 aliphatic carbocycles. The van der Waals surface area contributed by atoms with E-state index < -0.39 is 0 Å². The summed E-state index contributed by atoms with van der Waals surface area (Å²) >= 11 is 3.31. The van der Waals surface area contributed by atoms with Crippen molar-refractivity contribution in [2.24, 2.45) is 0 Å². The van der Waals surface area contributed by atoms with Crippen molar-refractivity contribution >= 4 is 33.3 Å². The van der Waals surface area contributed by atoms with Gasteiger partial charge in [0.15, 0.2) is 11.5 Å². The van der Waals surface area contributed by atoms with Gasteiger partial charge in [-0.1, -0.05) is 0 Å². The average Bonchev–Trinajstić information content (AvgIpc) is 2.94. The number of nitrogens with one attached hydrogen (secondary N) is 2. The number of rotatable bonds is 3. The fourth-order valence-electron chi connectivity index (χ4n) is 1.98. The van der Waals surface area contributed by atoms with E-state index in [0.29, 0.717) is 28.6 Å². The Morgan fingerprint density at radius 3 is 2.90 bits per heavy atom. The number of pyridine rings is 1. The van der Waals surface area contributed by atoms with Gasteiger partial charge in [-0.25, -0.2) is 4.98 Å². The fraction of sp³-hybridized carbons (Fsp3) is 0.143. The van der Waals surface area contributed by atoms with E-state index in [1.54, 1.807) is 37.5 Å². The summed E-state index contributed by atoms with van der Waals surface area (Å²) in [5.41, 5.74) is 1.08. The fourth-order valence-corrected chi connectivity index (χ4v) is 2.32. The molecule has 0 saturated heterocycles. The molecule has 1 aliphatic heterocycles. The molecular formula is C14H12BrN3O3. The molecule has 2 aromatic rings. The number of hydrogen-bond donors (Lipinski definition) is 2. The Morgan fingerprint density at radius 1 is 1.29 bits per heavy atom. The van der Waals surface area contributed by atoms with Crippen LogP contribution in [-0.2, 0) is 0 Å². The molecule has 2 N–H and O–H groups in total. The highest BCUT2D eigenvalue weighted by molar-refractivity contribution is 9.10. The number of benzene rings is 1. The third kappa shape index (κ3) is 2.78. The minimum atomic E-state index is -0.257. The van der Waals surface area contributed by atoms with Crippen LogP contribution in [0.5, 0.6) is 11.5 Å². The number of anilines is 2. The zero-order chi connectivity index (χ0) is 14.8. The summed E-state index contributed by atoms with van der Waals surface area (Å²) in [6.07, 6.45) is 1.63. The molecule has 1 amide bonds. The number of ether oxygens (including phenoxy) is 2. The quantitative estimate of drug-likeness (QED) is 0.891. The lowest BCUT2D eigenvalue weighted by atomic mass is 10.2. The predicted octanol–water partition coefficient (Wildman–Crippen LogP) is 2.87. The molecular weight excluding hydrogens is 338 g/mol. The zero-order valence-corrected chi connectivity index (χ0v) is 12.7. The Kier molecular flexibility index (Phi) is 3.66. The zero-order valence-electron chi connectivity index (χ0n) is 11.1. The lowest BCUT2D eigenvalue weighted by Gasteiger charge is -2.10. The second-order valence-electron chi connectivity index (χ2n) is 4.32. The molecule has 2 heterocycles. The van der Waals surface area contributed by atoms with Gasteiger partial charge in [0.1, 0.15) is 5.82 Å². The molecule has 7 heteroatoms. The number of carbonyl (C=O) groups excluding carboxylic acids is 1. The number of carbonyl (C=O) groups is 1. The normalized spacial score (nSPS) is 12.1. The van der Waals surface area contributed by atoms with Crippen molar-refractivity contribution in [2.75, 3.05) is 24.5 Å². The lowest BCUT2D eigenvalue weighted by Crippen LogP contribution is -2.14. The second kappa shape index (κ2) is 5.61. The molecule has 0 radical (unpaired) electrons. The first kappa shape index (κ1) is 13.7. The summed E-state index contributed by atoms with van der Waals surface area (Å²) in [5, 5.41) is 5.71. The van der Waals surface area contributed by atoms with Crippen molar-refractivity contribution in [3.8, 4) is 11.5 Å². The Labute approximate surface area is 129 Å². The van der Waals surface area contributed by atoms with Gasteiger partial charge < -0.3 is 20.1 Å². The summed E-state index contributed by atoms with van der Waals surface area (Å²) in [4.78, 5) is 16.5. The van der Waals surface area contributed by atoms with Crippen LogP contribution in [0.3, 0.4) is 0 Å². The van der Waals surface area contributed by atoms with Crippen LogP contribution in [0.25, 0.3) is 0 Å². The largest absolute Gasteiger partial charge is 0.454 e. The second-order valence-corrected chi connectivity index (χ2v) is 5.24. The third-order valence-electron chi connectivity index (χ3n) is 2.97. The number of halogens is 1. The van der Waals surface area contributed by atoms with Gasteiger partial charge in [0.2, 0.25) is 6.79 Å². The molecule has 21 heavy (non-hydrogen) atoms. The van der Waals surface area contributed by atoms with Crippen molar-refractivity contribution in [1.29, 1.82) is 0 Å². The van der Waals surface area contributed by atoms with Crippen LogP contribution < -0.4 is 20.1 Å². The van der Waals surface area contributed by atoms with Gasteiger partial charge in [-0.2, -0.15) is 0 Å². The molecule has 0 atom stereocenters. The number of fused-ring (bicyclic) bond motifs is 1. The molecule has 0 fully saturated rings. The van der Waals surface area contributed by atoms with E-state index in [2.05, 4.69) is 31.5 Å². The Morgan fingerprint density at radius 2 is 2.10 bits per heavy atom. The molecule has 1 aromatic carbocycles. The molecule has 0 unspecified atom stereocenters. The predicted molar refractivity (Wildman–Crippen MR) is 82.0 cm³/mol. The van der Waals surface area contributed by atoms with E-state index in [-0.39, 0.29) is 12.7 Å². The van der Waals surface area contributed by atoms with E-state index in [0.717, 1.165) is 4.47 Å². The van der Waals surface area contributed by atoms with Crippen LogP contribution in [0.1, 0.15) is 10.4 Å². The van der Waals surface area contributed by atoms with E-state index in [1.165, 1.54) is 0 Å². The maximum atomic E-state index is 12.4. The minimum absolute atomic E-state index is 0.201. The molecule has 1 aliphatic rings. The average molecular weight is 350 g/mol. The van der Waals surface area contributed by atoms with Gasteiger partial charge >= 0.3 is 0 Å². The summed E-state index contributed by atoms with van der Waals surface area (Å²) in [6.45, 7) is 0.201. The van der Waals surface area contributed by atoms with Gasteiger partial charge in [-0.15, -0.1) is 0 Å². The van der Waals surface area contributed by atoms with Crippen LogP contribution in [0.2, 0.25) is 0 Å². The SMILES string of the molecule is CNc1ncc(Br)cc1C(=O)Nc1ccc2c(c1)OCO2. The molecule has 3 rings (SSSR count). The molecule has 1 aromatic heterocycles. The summed E-state index contributed by atoms with van der Waals surface area (Å²) in [6, 6.07) is 6.96. The molecule has 0 spiro atoms. The molecule has 0 saturated carbocycles. The number of amides is 1. The third-order valence-corrected chi connectivity index (χ3v) is 3.40. The number of aromatic nitrogens is 1. The van der Waals surface area contributed by atoms with E-state index >= 15 is 0 Å². The van der Waals surface area contributed by atoms with Crippen LogP contribution in [0.4, 0.5) is 11.5 Å². The number of nitrogens with zero attached hydrogens (tertiary/aromatic N) is 1. The first-order valence-electron chi connectivity index (χ1n) is 6.21. The van der Waals surface area contributed by atoms with Crippen LogP contribution in [-0.4, -0.2) is 24.7 Å². The van der Waals surface area contributed by atoms with Crippen molar-refractivity contribution in [2.45, 2.75) is 0 Å². The van der Waals surface area contributed by atoms with Gasteiger partial charge in [-0.05, 0) is 34.1 Å². The van der Waals surface area contributed by atoms with Crippen molar-refractivity contribution < 1.29 is 14.3 Å². The summed E-state index contributed by atoms with van der Waals surface area (Å²) < 4.78 is 11.3. The smallest absolute Gasteiger partial charge is 0.259 e. The molecule has 6 nitrogen and oxygen atoms in total. The maximum Gasteiger partial charge on any atom is 0.259 e. The van der Waals surface area contributed by atoms with Crippen LogP contribution in [0, 0.1) is 0 Å². The summed E-state index contributed by atoms with van der Waals surface area (Å²) in [7, 11) is 1.72. The van der Waals surface area contributed by atoms with E-state index in [4.69, 9.17) is 9.47 Å². The lowest BCUT2D eigenvalue weighted by molar-refractivity contribution is 0.102. The Hall–Kier alpha value is -2.28. The van der Waals surface area contributed by atoms with Crippen molar-refractivity contribution in [3.05, 3.63) is 40.5 Å². The highest BCUT2D eigenvalue weighted by Crippen LogP contribution is 2.34. The monoisotopic (exact) mass is 349 g/mol. The van der Waals surface area contributed by atoms with Gasteiger partial charge in [-0.3, -0.25) is 4.79 Å². The molecule has 108 valence electrons. The topological polar surface area (TPSA) is 72.5 Å². The highest BCUT2D eigenvalue weighted by atomic mass is 79.9. The van der Waals surface area contributed by atoms with Gasteiger partial charge in [0, 0.05) is 29.5 Å². The molecule has 0 bridgehead atoms. The van der Waals surface area contributed by atoms with Crippen molar-refractivity contribution in [3.63, 3.8) is 0 Å². The first-order chi connectivity index (χ1) is 10.2. The van der Waals surface area contributed by atoms with Crippen LogP contribution >= 0.6 is 15.9 Å². The minimum Gasteiger partial charge on any atom is -0.454 e.